The Morgan fingerprint density at radius 1 is 0.943 bits per heavy atom. The van der Waals surface area contributed by atoms with Gasteiger partial charge in [0, 0.05) is 40.2 Å². The number of rotatable bonds is 21. The van der Waals surface area contributed by atoms with E-state index in [4.69, 9.17) is 26.4 Å². The predicted octanol–water partition coefficient (Wildman–Crippen LogP) is 3.99. The van der Waals surface area contributed by atoms with Crippen LogP contribution in [-0.4, -0.2) is 123 Å². The van der Waals surface area contributed by atoms with Crippen molar-refractivity contribution in [3.05, 3.63) is 35.9 Å². The third-order valence-electron chi connectivity index (χ3n) is 10.8. The lowest BCUT2D eigenvalue weighted by Gasteiger charge is -2.41. The van der Waals surface area contributed by atoms with Crippen molar-refractivity contribution in [1.29, 1.82) is 0 Å². The van der Waals surface area contributed by atoms with Crippen molar-refractivity contribution in [3.63, 3.8) is 0 Å². The molecule has 0 aliphatic carbocycles. The van der Waals surface area contributed by atoms with Gasteiger partial charge in [-0.3, -0.25) is 14.4 Å². The van der Waals surface area contributed by atoms with Crippen LogP contribution in [0.1, 0.15) is 79.7 Å². The van der Waals surface area contributed by atoms with Gasteiger partial charge in [-0.2, -0.15) is 0 Å². The fourth-order valence-corrected chi connectivity index (χ4v) is 7.81. The van der Waals surface area contributed by atoms with Crippen molar-refractivity contribution >= 4 is 40.9 Å². The Labute approximate surface area is 323 Å². The molecule has 1 aliphatic heterocycles. The Balaban J connectivity index is 2.27. The van der Waals surface area contributed by atoms with Crippen LogP contribution in [0, 0.1) is 23.7 Å². The SMILES string of the molecule is CC[C@H](C)[C@@H]([C@@H](CC(=O)N1CCC[C@H]1[C@H](OC)[C@@H](C)C(=S)N[C@@H](Cc1ccccc1)C(=O)OC)OC)N(C)C(=O)[C@@H](NC(=O)[C@@H](NC)C(C)C)C(C)C. The van der Waals surface area contributed by atoms with E-state index in [0.29, 0.717) is 18.0 Å². The Kier molecular flexibility index (Phi) is 19.4. The van der Waals surface area contributed by atoms with Crippen LogP contribution in [0.4, 0.5) is 0 Å². The number of hydrogen-bond donors (Lipinski definition) is 3. The van der Waals surface area contributed by atoms with Crippen LogP contribution in [-0.2, 0) is 39.8 Å². The van der Waals surface area contributed by atoms with Crippen LogP contribution < -0.4 is 16.0 Å². The Hall–Kier alpha value is -3.13. The van der Waals surface area contributed by atoms with Crippen molar-refractivity contribution < 1.29 is 33.4 Å². The molecule has 300 valence electrons. The molecule has 1 heterocycles. The second kappa shape index (κ2) is 22.3. The van der Waals surface area contributed by atoms with Crippen LogP contribution in [0.3, 0.4) is 0 Å². The lowest BCUT2D eigenvalue weighted by molar-refractivity contribution is -0.147. The number of likely N-dealkylation sites (N-methyl/N-ethyl adjacent to an activating group) is 2. The number of carbonyl (C=O) groups is 4. The molecule has 2 rings (SSSR count). The highest BCUT2D eigenvalue weighted by atomic mass is 32.1. The topological polar surface area (TPSA) is 139 Å². The molecule has 9 atom stereocenters. The van der Waals surface area contributed by atoms with E-state index < -0.39 is 42.3 Å². The smallest absolute Gasteiger partial charge is 0.328 e. The van der Waals surface area contributed by atoms with E-state index in [9.17, 15) is 19.2 Å². The number of methoxy groups -OCH3 is 3. The minimum Gasteiger partial charge on any atom is -0.467 e. The first-order valence-electron chi connectivity index (χ1n) is 19.1. The van der Waals surface area contributed by atoms with Gasteiger partial charge in [-0.05, 0) is 43.2 Å². The maximum atomic E-state index is 14.2. The minimum absolute atomic E-state index is 0.00542. The summed E-state index contributed by atoms with van der Waals surface area (Å²) >= 11 is 5.85. The molecule has 12 nitrogen and oxygen atoms in total. The molecule has 0 unspecified atom stereocenters. The third-order valence-corrected chi connectivity index (χ3v) is 11.3. The number of ether oxygens (including phenoxy) is 3. The van der Waals surface area contributed by atoms with E-state index in [2.05, 4.69) is 29.8 Å². The number of amides is 3. The Morgan fingerprint density at radius 2 is 1.57 bits per heavy atom. The molecule has 1 aromatic carbocycles. The molecule has 1 saturated heterocycles. The van der Waals surface area contributed by atoms with Gasteiger partial charge in [-0.25, -0.2) is 4.79 Å². The minimum atomic E-state index is -0.752. The van der Waals surface area contributed by atoms with E-state index >= 15 is 0 Å². The number of carbonyl (C=O) groups excluding carboxylic acids is 4. The van der Waals surface area contributed by atoms with Gasteiger partial charge in [0.2, 0.25) is 17.7 Å². The van der Waals surface area contributed by atoms with E-state index in [0.717, 1.165) is 24.8 Å². The molecule has 13 heteroatoms. The zero-order chi connectivity index (χ0) is 40.0. The monoisotopic (exact) mass is 761 g/mol. The summed E-state index contributed by atoms with van der Waals surface area (Å²) in [6.07, 6.45) is 1.70. The highest BCUT2D eigenvalue weighted by Crippen LogP contribution is 2.30. The molecule has 0 saturated carbocycles. The largest absolute Gasteiger partial charge is 0.467 e. The molecule has 0 spiro atoms. The Bertz CT molecular complexity index is 1330. The second-order valence-corrected chi connectivity index (χ2v) is 15.5. The number of hydrogen-bond acceptors (Lipinski definition) is 9. The summed E-state index contributed by atoms with van der Waals surface area (Å²) in [5.41, 5.74) is 0.968. The number of benzene rings is 1. The highest BCUT2D eigenvalue weighted by molar-refractivity contribution is 7.80. The van der Waals surface area contributed by atoms with E-state index in [1.54, 1.807) is 33.2 Å². The van der Waals surface area contributed by atoms with Gasteiger partial charge in [0.25, 0.3) is 0 Å². The molecule has 3 amide bonds. The molecular weight excluding hydrogens is 695 g/mol. The normalized spacial score (nSPS) is 19.1. The third kappa shape index (κ3) is 12.4. The molecule has 3 N–H and O–H groups in total. The lowest BCUT2D eigenvalue weighted by Crippen LogP contribution is -2.59. The van der Waals surface area contributed by atoms with Gasteiger partial charge in [0.15, 0.2) is 0 Å². The number of nitrogens with zero attached hydrogens (tertiary/aromatic N) is 2. The zero-order valence-electron chi connectivity index (χ0n) is 34.1. The number of thiocarbonyl (C=S) groups is 1. The maximum absolute atomic E-state index is 14.2. The number of likely N-dealkylation sites (tertiary alicyclic amines) is 1. The van der Waals surface area contributed by atoms with Crippen molar-refractivity contribution in [3.8, 4) is 0 Å². The van der Waals surface area contributed by atoms with Crippen molar-refractivity contribution in [2.75, 3.05) is 42.0 Å². The quantitative estimate of drug-likeness (QED) is 0.125. The van der Waals surface area contributed by atoms with Gasteiger partial charge in [0.1, 0.15) is 12.1 Å². The average molecular weight is 762 g/mol. The molecule has 53 heavy (non-hydrogen) atoms. The van der Waals surface area contributed by atoms with Gasteiger partial charge in [-0.15, -0.1) is 0 Å². The highest BCUT2D eigenvalue weighted by Gasteiger charge is 2.43. The molecule has 1 aromatic rings. The summed E-state index contributed by atoms with van der Waals surface area (Å²) in [7, 11) is 8.03. The summed E-state index contributed by atoms with van der Waals surface area (Å²) < 4.78 is 17.2. The Morgan fingerprint density at radius 3 is 2.08 bits per heavy atom. The standard InChI is InChI=1S/C40H67N5O7S/c1-13-26(6)35(44(9)39(48)34(25(4)5)43-37(47)33(41-8)24(2)3)31(50-10)23-32(46)45-21-17-20-30(45)36(51-11)27(7)38(53)42-29(40(49)52-12)22-28-18-15-14-16-19-28/h14-16,18-19,24-27,29-31,33-36,41H,13,17,20-23H2,1-12H3,(H,42,53)(H,43,47)/t26-,27+,29-,30-,31+,33-,34-,35-,36+/m0/s1. The molecule has 0 bridgehead atoms. The lowest BCUT2D eigenvalue weighted by atomic mass is 9.89. The van der Waals surface area contributed by atoms with Gasteiger partial charge in [-0.1, -0.05) is 97.4 Å². The van der Waals surface area contributed by atoms with Crippen LogP contribution in [0.2, 0.25) is 0 Å². The molecule has 1 aliphatic rings. The summed E-state index contributed by atoms with van der Waals surface area (Å²) in [6, 6.07) is 7.10. The molecule has 1 fully saturated rings. The average Bonchev–Trinajstić information content (AvgIpc) is 3.62. The first-order chi connectivity index (χ1) is 25.1. The fraction of sp³-hybridized carbons (Fsp3) is 0.725. The number of nitrogens with one attached hydrogen (secondary N) is 3. The number of esters is 1. The van der Waals surface area contributed by atoms with Crippen molar-refractivity contribution in [2.45, 2.75) is 123 Å². The van der Waals surface area contributed by atoms with E-state index in [1.807, 2.05) is 69.9 Å². The van der Waals surface area contributed by atoms with Crippen LogP contribution in [0.25, 0.3) is 0 Å². The zero-order valence-corrected chi connectivity index (χ0v) is 35.0. The fourth-order valence-electron chi connectivity index (χ4n) is 7.54. The van der Waals surface area contributed by atoms with Crippen molar-refractivity contribution in [1.82, 2.24) is 25.8 Å². The van der Waals surface area contributed by atoms with Crippen LogP contribution in [0.5, 0.6) is 0 Å². The van der Waals surface area contributed by atoms with Gasteiger partial charge < -0.3 is 40.0 Å². The summed E-state index contributed by atoms with van der Waals surface area (Å²) in [4.78, 5) is 58.3. The van der Waals surface area contributed by atoms with Crippen LogP contribution in [0.15, 0.2) is 30.3 Å². The summed E-state index contributed by atoms with van der Waals surface area (Å²) in [5.74, 6) is -1.43. The van der Waals surface area contributed by atoms with Crippen molar-refractivity contribution in [2.24, 2.45) is 23.7 Å². The summed E-state index contributed by atoms with van der Waals surface area (Å²) in [6.45, 7) is 14.3. The van der Waals surface area contributed by atoms with E-state index in [1.165, 1.54) is 7.11 Å². The molecular formula is C40H67N5O7S. The summed E-state index contributed by atoms with van der Waals surface area (Å²) in [5, 5.41) is 9.28. The van der Waals surface area contributed by atoms with Crippen LogP contribution >= 0.6 is 12.2 Å². The second-order valence-electron chi connectivity index (χ2n) is 15.1. The first kappa shape index (κ1) is 46.0. The van der Waals surface area contributed by atoms with E-state index in [-0.39, 0.29) is 53.9 Å². The molecule has 0 radical (unpaired) electrons. The predicted molar refractivity (Wildman–Crippen MR) is 212 cm³/mol. The first-order valence-corrected chi connectivity index (χ1v) is 19.5. The maximum Gasteiger partial charge on any atom is 0.328 e. The van der Waals surface area contributed by atoms with Gasteiger partial charge >= 0.3 is 5.97 Å². The molecule has 0 aromatic heterocycles. The van der Waals surface area contributed by atoms with Gasteiger partial charge in [0.05, 0.1) is 48.9 Å².